The fourth-order valence-corrected chi connectivity index (χ4v) is 8.33. The van der Waals surface area contributed by atoms with E-state index in [0.717, 1.165) is 62.6 Å². The highest BCUT2D eigenvalue weighted by atomic mass is 32.2. The average Bonchev–Trinajstić information content (AvgIpc) is 3.09. The van der Waals surface area contributed by atoms with Crippen molar-refractivity contribution in [3.63, 3.8) is 0 Å². The molecular weight excluding hydrogens is 420 g/mol. The van der Waals surface area contributed by atoms with Crippen molar-refractivity contribution in [1.29, 1.82) is 0 Å². The van der Waals surface area contributed by atoms with Gasteiger partial charge in [-0.15, -0.1) is 0 Å². The fourth-order valence-electron chi connectivity index (χ4n) is 7.50. The smallest absolute Gasteiger partial charge is 0.276 e. The van der Waals surface area contributed by atoms with Crippen molar-refractivity contribution in [2.45, 2.75) is 83.1 Å². The van der Waals surface area contributed by atoms with Crippen LogP contribution in [0.3, 0.4) is 0 Å². The Kier molecular flexibility index (Phi) is 5.33. The molecule has 0 unspecified atom stereocenters. The van der Waals surface area contributed by atoms with E-state index < -0.39 is 10.0 Å². The second kappa shape index (κ2) is 7.69. The van der Waals surface area contributed by atoms with Crippen LogP contribution >= 0.6 is 0 Å². The maximum Gasteiger partial charge on any atom is 0.276 e. The highest BCUT2D eigenvalue weighted by Gasteiger charge is 2.57. The van der Waals surface area contributed by atoms with E-state index in [1.165, 1.54) is 5.57 Å². The lowest BCUT2D eigenvalue weighted by Gasteiger charge is -2.57. The summed E-state index contributed by atoms with van der Waals surface area (Å²) >= 11 is 0. The van der Waals surface area contributed by atoms with Gasteiger partial charge >= 0.3 is 0 Å². The number of allylic oxidation sites excluding steroid dienone is 1. The van der Waals surface area contributed by atoms with Crippen LogP contribution in [0.1, 0.15) is 70.8 Å². The number of hydrazone groups is 1. The minimum atomic E-state index is -3.65. The minimum Gasteiger partial charge on any atom is -0.393 e. The molecule has 0 spiro atoms. The van der Waals surface area contributed by atoms with E-state index in [4.69, 9.17) is 0 Å². The number of sulfonamides is 1. The first-order valence-corrected chi connectivity index (χ1v) is 13.6. The Morgan fingerprint density at radius 1 is 1.03 bits per heavy atom. The van der Waals surface area contributed by atoms with Gasteiger partial charge in [0.25, 0.3) is 10.0 Å². The van der Waals surface area contributed by atoms with Crippen LogP contribution in [-0.2, 0) is 10.0 Å². The van der Waals surface area contributed by atoms with Gasteiger partial charge in [-0.25, -0.2) is 4.83 Å². The second-order valence-electron chi connectivity index (χ2n) is 11.1. The molecule has 1 aromatic rings. The van der Waals surface area contributed by atoms with Gasteiger partial charge in [-0.3, -0.25) is 0 Å². The number of fused-ring (bicyclic) bond motifs is 5. The van der Waals surface area contributed by atoms with Gasteiger partial charge in [0.05, 0.1) is 11.0 Å². The summed E-state index contributed by atoms with van der Waals surface area (Å²) in [5, 5.41) is 14.7. The molecule has 1 aromatic carbocycles. The van der Waals surface area contributed by atoms with Crippen molar-refractivity contribution in [2.75, 3.05) is 0 Å². The maximum absolute atomic E-state index is 12.8. The zero-order valence-corrected chi connectivity index (χ0v) is 20.3. The van der Waals surface area contributed by atoms with Gasteiger partial charge in [0.1, 0.15) is 0 Å². The maximum atomic E-state index is 12.8. The molecule has 2 N–H and O–H groups in total. The molecule has 5 nitrogen and oxygen atoms in total. The predicted molar refractivity (Wildman–Crippen MR) is 127 cm³/mol. The summed E-state index contributed by atoms with van der Waals surface area (Å²) in [6, 6.07) is 6.89. The molecule has 0 aliphatic heterocycles. The molecule has 3 fully saturated rings. The summed E-state index contributed by atoms with van der Waals surface area (Å²) in [6.45, 7) is 6.69. The highest BCUT2D eigenvalue weighted by molar-refractivity contribution is 7.89. The van der Waals surface area contributed by atoms with E-state index in [2.05, 4.69) is 29.9 Å². The van der Waals surface area contributed by atoms with Crippen LogP contribution in [0.5, 0.6) is 0 Å². The van der Waals surface area contributed by atoms with Gasteiger partial charge in [0.2, 0.25) is 0 Å². The molecule has 174 valence electrons. The summed E-state index contributed by atoms with van der Waals surface area (Å²) in [5.74, 6) is 1.83. The number of aliphatic hydroxyl groups is 1. The van der Waals surface area contributed by atoms with Gasteiger partial charge in [-0.1, -0.05) is 43.2 Å². The number of aliphatic hydroxyl groups excluding tert-OH is 1. The van der Waals surface area contributed by atoms with E-state index in [9.17, 15) is 13.5 Å². The van der Waals surface area contributed by atoms with Gasteiger partial charge in [0, 0.05) is 11.1 Å². The lowest BCUT2D eigenvalue weighted by Crippen LogP contribution is -2.50. The third-order valence-electron chi connectivity index (χ3n) is 9.45. The van der Waals surface area contributed by atoms with E-state index >= 15 is 0 Å². The number of benzene rings is 1. The van der Waals surface area contributed by atoms with Crippen molar-refractivity contribution in [3.8, 4) is 0 Å². The third kappa shape index (κ3) is 3.45. The first-order valence-electron chi connectivity index (χ1n) is 12.2. The molecule has 0 aromatic heterocycles. The van der Waals surface area contributed by atoms with Crippen LogP contribution in [0.4, 0.5) is 0 Å². The summed E-state index contributed by atoms with van der Waals surface area (Å²) in [7, 11) is -3.65. The number of hydrogen-bond donors (Lipinski definition) is 2. The molecule has 0 heterocycles. The van der Waals surface area contributed by atoms with Crippen LogP contribution in [0.2, 0.25) is 0 Å². The molecule has 0 saturated heterocycles. The van der Waals surface area contributed by atoms with Crippen LogP contribution in [-0.4, -0.2) is 25.3 Å². The monoisotopic (exact) mass is 456 g/mol. The summed E-state index contributed by atoms with van der Waals surface area (Å²) in [4.78, 5) is 2.80. The number of nitrogens with zero attached hydrogens (tertiary/aromatic N) is 1. The van der Waals surface area contributed by atoms with Crippen molar-refractivity contribution in [3.05, 3.63) is 41.5 Å². The lowest BCUT2D eigenvalue weighted by molar-refractivity contribution is -0.0209. The Morgan fingerprint density at radius 3 is 2.47 bits per heavy atom. The number of rotatable bonds is 3. The van der Waals surface area contributed by atoms with Crippen molar-refractivity contribution < 1.29 is 13.5 Å². The first kappa shape index (κ1) is 22.1. The Labute approximate surface area is 192 Å². The van der Waals surface area contributed by atoms with E-state index in [0.29, 0.717) is 17.8 Å². The molecule has 0 amide bonds. The predicted octanol–water partition coefficient (Wildman–Crippen LogP) is 4.95. The van der Waals surface area contributed by atoms with Crippen LogP contribution in [0, 0.1) is 35.5 Å². The molecule has 6 heteroatoms. The molecule has 0 radical (unpaired) electrons. The van der Waals surface area contributed by atoms with E-state index in [1.54, 1.807) is 12.1 Å². The van der Waals surface area contributed by atoms with Crippen molar-refractivity contribution in [1.82, 2.24) is 4.83 Å². The number of nitrogens with one attached hydrogen (secondary N) is 1. The molecule has 6 atom stereocenters. The minimum absolute atomic E-state index is 0.0349. The largest absolute Gasteiger partial charge is 0.393 e. The number of hydrogen-bond acceptors (Lipinski definition) is 4. The van der Waals surface area contributed by atoms with E-state index in [-0.39, 0.29) is 21.8 Å². The normalized spacial score (nSPS) is 40.2. The molecule has 5 rings (SSSR count). The van der Waals surface area contributed by atoms with Crippen LogP contribution < -0.4 is 4.83 Å². The van der Waals surface area contributed by atoms with Crippen molar-refractivity contribution in [2.24, 2.45) is 33.7 Å². The number of aryl methyl sites for hydroxylation is 1. The van der Waals surface area contributed by atoms with Gasteiger partial charge in [-0.05, 0) is 93.6 Å². The zero-order valence-electron chi connectivity index (χ0n) is 19.5. The van der Waals surface area contributed by atoms with E-state index in [1.807, 2.05) is 19.1 Å². The Bertz CT molecular complexity index is 1060. The fraction of sp³-hybridized carbons (Fsp3) is 0.654. The topological polar surface area (TPSA) is 78.8 Å². The average molecular weight is 457 g/mol. The zero-order chi connectivity index (χ0) is 22.7. The summed E-state index contributed by atoms with van der Waals surface area (Å²) in [5.41, 5.74) is 3.72. The Hall–Kier alpha value is -1.66. The molecular formula is C26H36N2O3S. The van der Waals surface area contributed by atoms with Gasteiger partial charge < -0.3 is 5.11 Å². The van der Waals surface area contributed by atoms with Crippen molar-refractivity contribution >= 4 is 15.7 Å². The first-order chi connectivity index (χ1) is 15.1. The quantitative estimate of drug-likeness (QED) is 0.499. The molecule has 3 saturated carbocycles. The Morgan fingerprint density at radius 2 is 1.72 bits per heavy atom. The van der Waals surface area contributed by atoms with Crippen LogP contribution in [0.25, 0.3) is 0 Å². The molecule has 4 aliphatic carbocycles. The molecule has 0 bridgehead atoms. The third-order valence-corrected chi connectivity index (χ3v) is 10.7. The molecule has 4 aliphatic rings. The highest BCUT2D eigenvalue weighted by Crippen LogP contribution is 2.64. The standard InChI is InChI=1S/C26H36N2O3S/c1-17-4-7-20(8-5-17)32(30,31)28-27-24-11-10-22-21-9-6-18-16-19(29)12-14-25(18,2)23(21)13-15-26(22,24)3/h4-8,19,21-23,28-29H,9-16H2,1-3H3/b27-24-/t19-,21-,22-,23-,25-,26-/m0/s1. The van der Waals surface area contributed by atoms with Gasteiger partial charge in [0.15, 0.2) is 0 Å². The second-order valence-corrected chi connectivity index (χ2v) is 12.8. The molecule has 32 heavy (non-hydrogen) atoms. The summed E-state index contributed by atoms with van der Waals surface area (Å²) < 4.78 is 25.5. The lowest BCUT2D eigenvalue weighted by atomic mass is 9.48. The SMILES string of the molecule is Cc1ccc(S(=O)(=O)N/N=C2/CC[C@H]3[C@@H]4CC=C5C[C@@H](O)CC[C@]5(C)[C@H]4CC[C@]23C)cc1. The summed E-state index contributed by atoms with van der Waals surface area (Å²) in [6.07, 6.45) is 10.4. The van der Waals surface area contributed by atoms with Crippen LogP contribution in [0.15, 0.2) is 45.9 Å². The Balaban J connectivity index is 1.38. The van der Waals surface area contributed by atoms with Gasteiger partial charge in [-0.2, -0.15) is 13.5 Å².